The van der Waals surface area contributed by atoms with Crippen molar-refractivity contribution in [2.45, 2.75) is 91.0 Å². The van der Waals surface area contributed by atoms with Crippen LogP contribution in [-0.4, -0.2) is 30.4 Å². The summed E-state index contributed by atoms with van der Waals surface area (Å²) in [5.41, 5.74) is -0.112. The monoisotopic (exact) mass is 428 g/mol. The predicted molar refractivity (Wildman–Crippen MR) is 106 cm³/mol. The van der Waals surface area contributed by atoms with Gasteiger partial charge in [0.15, 0.2) is 4.67 Å². The minimum absolute atomic E-state index is 0.0730. The van der Waals surface area contributed by atoms with Gasteiger partial charge in [-0.15, -0.1) is 0 Å². The summed E-state index contributed by atoms with van der Waals surface area (Å²) in [4.78, 5) is 12.6. The first kappa shape index (κ1) is 21.5. The van der Waals surface area contributed by atoms with E-state index in [1.165, 1.54) is 0 Å². The molecule has 0 aromatic carbocycles. The largest absolute Gasteiger partial charge is 0.532 e. The Morgan fingerprint density at radius 2 is 1.81 bits per heavy atom. The normalized spacial score (nSPS) is 19.6. The van der Waals surface area contributed by atoms with E-state index in [4.69, 9.17) is 18.5 Å². The number of carbonyl (C=O) groups excluding carboxylic acids is 1. The van der Waals surface area contributed by atoms with Crippen LogP contribution >= 0.6 is 15.9 Å². The van der Waals surface area contributed by atoms with Crippen molar-refractivity contribution in [1.82, 2.24) is 0 Å². The molecule has 0 radical (unpaired) electrons. The van der Waals surface area contributed by atoms with E-state index < -0.39 is 18.3 Å². The van der Waals surface area contributed by atoms with Crippen LogP contribution in [0.1, 0.15) is 84.0 Å². The van der Waals surface area contributed by atoms with Crippen LogP contribution < -0.4 is 5.66 Å². The van der Waals surface area contributed by atoms with Crippen molar-refractivity contribution in [3.05, 3.63) is 16.3 Å². The Morgan fingerprint density at radius 1 is 1.19 bits per heavy atom. The number of esters is 1. The molecule has 1 atom stereocenters. The lowest BCUT2D eigenvalue weighted by Crippen LogP contribution is -2.41. The zero-order valence-electron chi connectivity index (χ0n) is 16.7. The molecular weight excluding hydrogens is 399 g/mol. The zero-order valence-corrected chi connectivity index (χ0v) is 18.3. The molecule has 5 nitrogen and oxygen atoms in total. The van der Waals surface area contributed by atoms with Crippen molar-refractivity contribution in [3.8, 4) is 0 Å². The van der Waals surface area contributed by atoms with Crippen LogP contribution in [0.4, 0.5) is 0 Å². The molecule has 2 rings (SSSR count). The third kappa shape index (κ3) is 4.73. The van der Waals surface area contributed by atoms with Gasteiger partial charge < -0.3 is 18.5 Å². The number of rotatable bonds is 8. The lowest BCUT2D eigenvalue weighted by molar-refractivity contribution is 0.00578. The van der Waals surface area contributed by atoms with Gasteiger partial charge in [0.2, 0.25) is 0 Å². The predicted octanol–water partition coefficient (Wildman–Crippen LogP) is 4.86. The number of hydrogen-bond acceptors (Lipinski definition) is 5. The second-order valence-electron chi connectivity index (χ2n) is 7.86. The molecule has 1 aliphatic heterocycles. The van der Waals surface area contributed by atoms with Crippen molar-refractivity contribution in [3.63, 3.8) is 0 Å². The zero-order chi connectivity index (χ0) is 19.5. The van der Waals surface area contributed by atoms with Crippen LogP contribution in [0.5, 0.6) is 0 Å². The van der Waals surface area contributed by atoms with Gasteiger partial charge in [0, 0.05) is 0 Å². The van der Waals surface area contributed by atoms with E-state index in [1.54, 1.807) is 6.07 Å². The smallest absolute Gasteiger partial charge is 0.459 e. The second kappa shape index (κ2) is 8.49. The number of carbonyl (C=O) groups is 1. The molecule has 1 aromatic heterocycles. The van der Waals surface area contributed by atoms with Crippen LogP contribution in [0.3, 0.4) is 0 Å². The third-order valence-corrected chi connectivity index (χ3v) is 5.86. The Balaban J connectivity index is 2.06. The maximum absolute atomic E-state index is 12.6. The van der Waals surface area contributed by atoms with Crippen molar-refractivity contribution < 1.29 is 23.3 Å². The molecule has 2 heterocycles. The molecule has 1 aliphatic rings. The highest BCUT2D eigenvalue weighted by molar-refractivity contribution is 9.10. The van der Waals surface area contributed by atoms with Crippen LogP contribution in [0.25, 0.3) is 0 Å². The second-order valence-corrected chi connectivity index (χ2v) is 8.58. The minimum atomic E-state index is -0.649. The number of furan rings is 1. The molecular formula is C19H30BBrO5. The van der Waals surface area contributed by atoms with Gasteiger partial charge in [-0.25, -0.2) is 4.79 Å². The van der Waals surface area contributed by atoms with Crippen LogP contribution in [0, 0.1) is 0 Å². The number of unbranched alkanes of at least 4 members (excludes halogenated alkanes) is 2. The molecule has 0 N–H and O–H groups in total. The molecule has 26 heavy (non-hydrogen) atoms. The first-order valence-electron chi connectivity index (χ1n) is 9.47. The maximum Gasteiger partial charge on any atom is 0.532 e. The van der Waals surface area contributed by atoms with Gasteiger partial charge in [-0.1, -0.05) is 26.7 Å². The Kier molecular flexibility index (Phi) is 7.02. The average Bonchev–Trinajstić information content (AvgIpc) is 3.03. The molecule has 1 saturated heterocycles. The van der Waals surface area contributed by atoms with E-state index in [1.807, 2.05) is 34.6 Å². The lowest BCUT2D eigenvalue weighted by atomic mass is 9.86. The van der Waals surface area contributed by atoms with Crippen LogP contribution in [0.2, 0.25) is 0 Å². The minimum Gasteiger partial charge on any atom is -0.459 e. The summed E-state index contributed by atoms with van der Waals surface area (Å²) < 4.78 is 23.6. The third-order valence-electron chi connectivity index (χ3n) is 5.27. The molecule has 0 bridgehead atoms. The fraction of sp³-hybridized carbons (Fsp3) is 0.737. The Hall–Kier alpha value is -0.785. The summed E-state index contributed by atoms with van der Waals surface area (Å²) in [6.45, 7) is 12.1. The summed E-state index contributed by atoms with van der Waals surface area (Å²) in [5.74, 6) is -0.383. The molecule has 0 aliphatic carbocycles. The maximum atomic E-state index is 12.6. The average molecular weight is 429 g/mol. The first-order chi connectivity index (χ1) is 12.1. The summed E-state index contributed by atoms with van der Waals surface area (Å²) in [7, 11) is -0.649. The molecule has 1 fully saturated rings. The summed E-state index contributed by atoms with van der Waals surface area (Å²) in [5, 5.41) is 0. The number of ether oxygens (including phenoxy) is 1. The Bertz CT molecular complexity index is 609. The van der Waals surface area contributed by atoms with E-state index in [9.17, 15) is 4.79 Å². The van der Waals surface area contributed by atoms with E-state index >= 15 is 0 Å². The Morgan fingerprint density at radius 3 is 2.35 bits per heavy atom. The van der Waals surface area contributed by atoms with E-state index in [0.717, 1.165) is 32.1 Å². The molecule has 0 saturated carbocycles. The highest BCUT2D eigenvalue weighted by Gasteiger charge is 2.53. The Labute approximate surface area is 165 Å². The van der Waals surface area contributed by atoms with Crippen molar-refractivity contribution in [2.75, 3.05) is 0 Å². The van der Waals surface area contributed by atoms with Gasteiger partial charge in [-0.05, 0) is 69.0 Å². The van der Waals surface area contributed by atoms with Crippen LogP contribution in [0.15, 0.2) is 15.2 Å². The topological polar surface area (TPSA) is 57.9 Å². The van der Waals surface area contributed by atoms with Crippen molar-refractivity contribution in [2.24, 2.45) is 0 Å². The fourth-order valence-electron chi connectivity index (χ4n) is 2.78. The molecule has 0 spiro atoms. The van der Waals surface area contributed by atoms with Crippen molar-refractivity contribution >= 4 is 34.7 Å². The lowest BCUT2D eigenvalue weighted by Gasteiger charge is -2.32. The molecule has 1 unspecified atom stereocenters. The molecule has 7 heteroatoms. The molecule has 1 aromatic rings. The summed E-state index contributed by atoms with van der Waals surface area (Å²) >= 11 is 3.32. The van der Waals surface area contributed by atoms with Gasteiger partial charge in [-0.3, -0.25) is 0 Å². The molecule has 0 amide bonds. The summed E-state index contributed by atoms with van der Waals surface area (Å²) in [6, 6.07) is 1.65. The fourth-order valence-corrected chi connectivity index (χ4v) is 3.25. The summed E-state index contributed by atoms with van der Waals surface area (Å²) in [6.07, 6.45) is 4.97. The number of hydrogen-bond donors (Lipinski definition) is 0. The van der Waals surface area contributed by atoms with E-state index in [2.05, 4.69) is 22.9 Å². The van der Waals surface area contributed by atoms with Crippen LogP contribution in [-0.2, 0) is 14.0 Å². The quantitative estimate of drug-likeness (QED) is 0.336. The van der Waals surface area contributed by atoms with Gasteiger partial charge >= 0.3 is 13.1 Å². The highest BCUT2D eigenvalue weighted by atomic mass is 79.9. The highest BCUT2D eigenvalue weighted by Crippen LogP contribution is 2.37. The first-order valence-corrected chi connectivity index (χ1v) is 10.3. The van der Waals surface area contributed by atoms with Gasteiger partial charge in [0.25, 0.3) is 0 Å². The van der Waals surface area contributed by atoms with Crippen molar-refractivity contribution in [1.29, 1.82) is 0 Å². The molecule has 146 valence electrons. The van der Waals surface area contributed by atoms with E-state index in [0.29, 0.717) is 15.9 Å². The van der Waals surface area contributed by atoms with Gasteiger partial charge in [0.05, 0.1) is 11.2 Å². The van der Waals surface area contributed by atoms with Gasteiger partial charge in [-0.2, -0.15) is 0 Å². The number of halogens is 1. The van der Waals surface area contributed by atoms with E-state index in [-0.39, 0.29) is 12.1 Å². The SMILES string of the molecule is CCCCCC(CC)OC(=O)c1cc(B2OC(C)(C)C(C)(C)O2)oc1Br. The van der Waals surface area contributed by atoms with Gasteiger partial charge in [0.1, 0.15) is 17.3 Å². The standard InChI is InChI=1S/C19H30BBrO5/c1-7-9-10-11-13(8-2)23-17(22)14-12-15(24-16(14)21)20-25-18(3,4)19(5,6)26-20/h12-13H,7-11H2,1-6H3.